The molecule has 2 rings (SSSR count). The Morgan fingerprint density at radius 2 is 1.77 bits per heavy atom. The molecule has 1 aliphatic heterocycles. The second-order valence-corrected chi connectivity index (χ2v) is 7.35. The zero-order valence-corrected chi connectivity index (χ0v) is 13.6. The zero-order valence-electron chi connectivity index (χ0n) is 12.8. The summed E-state index contributed by atoms with van der Waals surface area (Å²) in [5.41, 5.74) is 0. The molecule has 0 atom stereocenters. The average molecular weight is 327 g/mol. The molecule has 0 aliphatic carbocycles. The van der Waals surface area contributed by atoms with Gasteiger partial charge in [-0.05, 0) is 18.6 Å². The Hall–Kier alpha value is -1.64. The SMILES string of the molecule is CN(C)S(=O)(=O)N1CCCN(C(=O)Oc2ccccc2)CC1. The van der Waals surface area contributed by atoms with Crippen molar-refractivity contribution in [2.45, 2.75) is 6.42 Å². The van der Waals surface area contributed by atoms with Gasteiger partial charge in [0.1, 0.15) is 5.75 Å². The van der Waals surface area contributed by atoms with Crippen LogP contribution in [0.15, 0.2) is 30.3 Å². The number of para-hydroxylation sites is 1. The van der Waals surface area contributed by atoms with Crippen LogP contribution in [-0.2, 0) is 10.2 Å². The summed E-state index contributed by atoms with van der Waals surface area (Å²) in [6.45, 7) is 1.46. The van der Waals surface area contributed by atoms with Crippen LogP contribution in [0.3, 0.4) is 0 Å². The third kappa shape index (κ3) is 3.96. The number of rotatable bonds is 3. The van der Waals surface area contributed by atoms with E-state index in [2.05, 4.69) is 0 Å². The Balaban J connectivity index is 1.97. The van der Waals surface area contributed by atoms with Gasteiger partial charge in [-0.25, -0.2) is 4.79 Å². The lowest BCUT2D eigenvalue weighted by Gasteiger charge is -2.24. The standard InChI is InChI=1S/C14H21N3O4S/c1-15(2)22(19,20)17-10-6-9-16(11-12-17)14(18)21-13-7-4-3-5-8-13/h3-5,7-8H,6,9-12H2,1-2H3. The molecular formula is C14H21N3O4S. The van der Waals surface area contributed by atoms with Gasteiger partial charge in [0.25, 0.3) is 10.2 Å². The molecule has 122 valence electrons. The number of hydrogen-bond donors (Lipinski definition) is 0. The van der Waals surface area contributed by atoms with E-state index in [9.17, 15) is 13.2 Å². The van der Waals surface area contributed by atoms with Gasteiger partial charge in [-0.2, -0.15) is 17.0 Å². The monoisotopic (exact) mass is 327 g/mol. The molecule has 1 heterocycles. The first-order valence-corrected chi connectivity index (χ1v) is 8.50. The molecule has 0 aromatic heterocycles. The molecular weight excluding hydrogens is 306 g/mol. The molecule has 0 bridgehead atoms. The van der Waals surface area contributed by atoms with Crippen LogP contribution in [0.5, 0.6) is 5.75 Å². The minimum Gasteiger partial charge on any atom is -0.410 e. The van der Waals surface area contributed by atoms with Crippen molar-refractivity contribution in [3.63, 3.8) is 0 Å². The number of amides is 1. The van der Waals surface area contributed by atoms with Gasteiger partial charge >= 0.3 is 6.09 Å². The van der Waals surface area contributed by atoms with Gasteiger partial charge in [0, 0.05) is 40.3 Å². The van der Waals surface area contributed by atoms with E-state index in [4.69, 9.17) is 4.74 Å². The fourth-order valence-corrected chi connectivity index (χ4v) is 3.33. The van der Waals surface area contributed by atoms with E-state index in [0.717, 1.165) is 0 Å². The van der Waals surface area contributed by atoms with Gasteiger partial charge in [-0.15, -0.1) is 0 Å². The first-order valence-electron chi connectivity index (χ1n) is 7.10. The molecule has 0 radical (unpaired) electrons. The number of ether oxygens (including phenoxy) is 1. The lowest BCUT2D eigenvalue weighted by molar-refractivity contribution is 0.154. The summed E-state index contributed by atoms with van der Waals surface area (Å²) < 4.78 is 32.1. The Morgan fingerprint density at radius 3 is 2.41 bits per heavy atom. The topological polar surface area (TPSA) is 70.2 Å². The van der Waals surface area contributed by atoms with Crippen LogP contribution in [0.4, 0.5) is 4.79 Å². The van der Waals surface area contributed by atoms with Crippen LogP contribution >= 0.6 is 0 Å². The summed E-state index contributed by atoms with van der Waals surface area (Å²) in [4.78, 5) is 13.7. The molecule has 0 N–H and O–H groups in total. The molecule has 1 amide bonds. The highest BCUT2D eigenvalue weighted by atomic mass is 32.2. The molecule has 0 spiro atoms. The van der Waals surface area contributed by atoms with Crippen LogP contribution in [0, 0.1) is 0 Å². The summed E-state index contributed by atoms with van der Waals surface area (Å²) in [5.74, 6) is 0.481. The van der Waals surface area contributed by atoms with E-state index in [1.165, 1.54) is 27.6 Å². The fraction of sp³-hybridized carbons (Fsp3) is 0.500. The fourth-order valence-electron chi connectivity index (χ4n) is 2.19. The highest BCUT2D eigenvalue weighted by Crippen LogP contribution is 2.13. The molecule has 7 nitrogen and oxygen atoms in total. The third-order valence-electron chi connectivity index (χ3n) is 3.45. The Bertz CT molecular complexity index is 604. The molecule has 8 heteroatoms. The highest BCUT2D eigenvalue weighted by molar-refractivity contribution is 7.86. The van der Waals surface area contributed by atoms with E-state index >= 15 is 0 Å². The predicted octanol–water partition coefficient (Wildman–Crippen LogP) is 0.999. The summed E-state index contributed by atoms with van der Waals surface area (Å²) in [6, 6.07) is 8.83. The van der Waals surface area contributed by atoms with E-state index in [1.807, 2.05) is 6.07 Å². The maximum absolute atomic E-state index is 12.1. The second kappa shape index (κ2) is 7.08. The first kappa shape index (κ1) is 16.7. The van der Waals surface area contributed by atoms with Crippen molar-refractivity contribution in [1.82, 2.24) is 13.5 Å². The molecule has 0 unspecified atom stereocenters. The molecule has 22 heavy (non-hydrogen) atoms. The van der Waals surface area contributed by atoms with Crippen LogP contribution in [-0.4, -0.2) is 68.3 Å². The molecule has 1 aliphatic rings. The van der Waals surface area contributed by atoms with E-state index in [1.54, 1.807) is 24.3 Å². The normalized spacial score (nSPS) is 17.3. The highest BCUT2D eigenvalue weighted by Gasteiger charge is 2.28. The van der Waals surface area contributed by atoms with E-state index in [-0.39, 0.29) is 6.54 Å². The first-order chi connectivity index (χ1) is 10.4. The van der Waals surface area contributed by atoms with Crippen LogP contribution in [0.25, 0.3) is 0 Å². The van der Waals surface area contributed by atoms with Crippen molar-refractivity contribution >= 4 is 16.3 Å². The minimum atomic E-state index is -3.44. The van der Waals surface area contributed by atoms with E-state index in [0.29, 0.717) is 31.8 Å². The molecule has 0 saturated carbocycles. The van der Waals surface area contributed by atoms with Gasteiger partial charge < -0.3 is 9.64 Å². The van der Waals surface area contributed by atoms with Gasteiger partial charge in [-0.3, -0.25) is 0 Å². The molecule has 1 aromatic rings. The Morgan fingerprint density at radius 1 is 1.09 bits per heavy atom. The molecule has 1 aromatic carbocycles. The Kier molecular flexibility index (Phi) is 5.38. The van der Waals surface area contributed by atoms with Gasteiger partial charge in [0.15, 0.2) is 0 Å². The van der Waals surface area contributed by atoms with Crippen LogP contribution in [0.2, 0.25) is 0 Å². The van der Waals surface area contributed by atoms with Gasteiger partial charge in [0.2, 0.25) is 0 Å². The number of benzene rings is 1. The Labute approximate surface area is 131 Å². The largest absolute Gasteiger partial charge is 0.415 e. The number of carbonyl (C=O) groups excluding carboxylic acids is 1. The lowest BCUT2D eigenvalue weighted by atomic mass is 10.3. The molecule has 1 fully saturated rings. The van der Waals surface area contributed by atoms with Gasteiger partial charge in [0.05, 0.1) is 0 Å². The van der Waals surface area contributed by atoms with Crippen molar-refractivity contribution in [2.24, 2.45) is 0 Å². The summed E-state index contributed by atoms with van der Waals surface area (Å²) in [5, 5.41) is 0. The van der Waals surface area contributed by atoms with Gasteiger partial charge in [-0.1, -0.05) is 18.2 Å². The summed E-state index contributed by atoms with van der Waals surface area (Å²) >= 11 is 0. The maximum Gasteiger partial charge on any atom is 0.415 e. The van der Waals surface area contributed by atoms with Crippen LogP contribution < -0.4 is 4.74 Å². The number of carbonyl (C=O) groups is 1. The van der Waals surface area contributed by atoms with Crippen LogP contribution in [0.1, 0.15) is 6.42 Å². The third-order valence-corrected chi connectivity index (χ3v) is 5.39. The summed E-state index contributed by atoms with van der Waals surface area (Å²) in [7, 11) is -0.440. The predicted molar refractivity (Wildman–Crippen MR) is 82.8 cm³/mol. The second-order valence-electron chi connectivity index (χ2n) is 5.21. The van der Waals surface area contributed by atoms with Crippen molar-refractivity contribution < 1.29 is 17.9 Å². The minimum absolute atomic E-state index is 0.268. The lowest BCUT2D eigenvalue weighted by Crippen LogP contribution is -2.42. The van der Waals surface area contributed by atoms with Crippen molar-refractivity contribution in [2.75, 3.05) is 40.3 Å². The average Bonchev–Trinajstić information content (AvgIpc) is 2.74. The summed E-state index contributed by atoms with van der Waals surface area (Å²) in [6.07, 6.45) is 0.132. The number of hydrogen-bond acceptors (Lipinski definition) is 4. The smallest absolute Gasteiger partial charge is 0.410 e. The van der Waals surface area contributed by atoms with Crippen molar-refractivity contribution in [1.29, 1.82) is 0 Å². The molecule has 1 saturated heterocycles. The maximum atomic E-state index is 12.1. The van der Waals surface area contributed by atoms with Crippen molar-refractivity contribution in [3.05, 3.63) is 30.3 Å². The van der Waals surface area contributed by atoms with Crippen molar-refractivity contribution in [3.8, 4) is 5.75 Å². The number of nitrogens with zero attached hydrogens (tertiary/aromatic N) is 3. The van der Waals surface area contributed by atoms with E-state index < -0.39 is 16.3 Å². The zero-order chi connectivity index (χ0) is 16.2. The quantitative estimate of drug-likeness (QED) is 0.830.